The van der Waals surface area contributed by atoms with Crippen LogP contribution < -0.4 is 10.6 Å². The van der Waals surface area contributed by atoms with Crippen LogP contribution in [0, 0.1) is 0 Å². The van der Waals surface area contributed by atoms with Crippen molar-refractivity contribution in [1.82, 2.24) is 4.47 Å². The molecule has 0 heterocycles. The fraction of sp³-hybridized carbons (Fsp3) is 0.0952. The molecule has 3 rings (SSSR count). The van der Waals surface area contributed by atoms with Gasteiger partial charge in [0.15, 0.2) is 0 Å². The van der Waals surface area contributed by atoms with E-state index in [0.717, 1.165) is 15.8 Å². The van der Waals surface area contributed by atoms with Gasteiger partial charge in [0, 0.05) is 29.7 Å². The first-order valence-electron chi connectivity index (χ1n) is 8.77. The Labute approximate surface area is 169 Å². The first-order valence-corrected chi connectivity index (χ1v) is 10.2. The molecule has 150 valence electrons. The van der Waals surface area contributed by atoms with Crippen molar-refractivity contribution in [3.63, 3.8) is 0 Å². The molecule has 2 N–H and O–H groups in total. The molecule has 0 bridgehead atoms. The van der Waals surface area contributed by atoms with E-state index in [9.17, 15) is 13.2 Å². The molecule has 0 saturated carbocycles. The second kappa shape index (κ2) is 8.87. The van der Waals surface area contributed by atoms with Crippen molar-refractivity contribution < 1.29 is 18.0 Å². The Hall–Kier alpha value is -3.20. The molecule has 0 spiro atoms. The lowest BCUT2D eigenvalue weighted by Gasteiger charge is -2.14. The Morgan fingerprint density at radius 2 is 1.48 bits per heavy atom. The second-order valence-corrected chi connectivity index (χ2v) is 8.08. The highest BCUT2D eigenvalue weighted by atomic mass is 32.2. The summed E-state index contributed by atoms with van der Waals surface area (Å²) in [5.74, 6) is -0.411. The summed E-state index contributed by atoms with van der Waals surface area (Å²) in [6.45, 7) is 0. The number of rotatable bonds is 7. The molecule has 0 radical (unpaired) electrons. The van der Waals surface area contributed by atoms with Gasteiger partial charge in [0.2, 0.25) is 0 Å². The normalized spacial score (nSPS) is 11.3. The van der Waals surface area contributed by atoms with Crippen LogP contribution in [0.5, 0.6) is 0 Å². The Morgan fingerprint density at radius 3 is 2.14 bits per heavy atom. The minimum atomic E-state index is -3.83. The summed E-state index contributed by atoms with van der Waals surface area (Å²) in [7, 11) is -1.29. The van der Waals surface area contributed by atoms with Gasteiger partial charge in [-0.1, -0.05) is 28.7 Å². The number of nitrogens with one attached hydrogen (secondary N) is 2. The number of benzene rings is 3. The molecule has 0 aliphatic carbocycles. The Balaban J connectivity index is 1.71. The molecule has 0 atom stereocenters. The van der Waals surface area contributed by atoms with Crippen molar-refractivity contribution in [2.45, 2.75) is 4.90 Å². The van der Waals surface area contributed by atoms with Gasteiger partial charge in [-0.25, -0.2) is 8.42 Å². The van der Waals surface area contributed by atoms with E-state index in [2.05, 4.69) is 10.6 Å². The summed E-state index contributed by atoms with van der Waals surface area (Å²) >= 11 is 0. The van der Waals surface area contributed by atoms with Crippen LogP contribution in [-0.2, 0) is 14.9 Å². The number of carbonyl (C=O) groups is 1. The summed E-state index contributed by atoms with van der Waals surface area (Å²) in [6, 6.07) is 22.7. The van der Waals surface area contributed by atoms with Crippen LogP contribution in [0.15, 0.2) is 83.8 Å². The van der Waals surface area contributed by atoms with Gasteiger partial charge in [-0.2, -0.15) is 0 Å². The van der Waals surface area contributed by atoms with Gasteiger partial charge in [0.25, 0.3) is 15.9 Å². The molecule has 1 amide bonds. The quantitative estimate of drug-likeness (QED) is 0.577. The zero-order valence-corrected chi connectivity index (χ0v) is 16.8. The smallest absolute Gasteiger partial charge is 0.264 e. The standard InChI is InChI=1S/C21H21N3O4S/c1-24(28-2)29(26,27)20-10-6-7-16(15-20)21(25)23-19-13-11-18(12-14-19)22-17-8-4-3-5-9-17/h3-15,22H,1-2H3,(H,23,25). The molecule has 0 fully saturated rings. The van der Waals surface area contributed by atoms with Crippen LogP contribution in [0.4, 0.5) is 17.1 Å². The highest BCUT2D eigenvalue weighted by Gasteiger charge is 2.21. The third-order valence-corrected chi connectivity index (χ3v) is 5.87. The molecule has 7 nitrogen and oxygen atoms in total. The summed E-state index contributed by atoms with van der Waals surface area (Å²) in [6.07, 6.45) is 0. The number of carbonyl (C=O) groups excluding carboxylic acids is 1. The summed E-state index contributed by atoms with van der Waals surface area (Å²) in [4.78, 5) is 17.3. The van der Waals surface area contributed by atoms with Gasteiger partial charge < -0.3 is 10.6 Å². The van der Waals surface area contributed by atoms with Gasteiger partial charge in [-0.05, 0) is 54.6 Å². The minimum Gasteiger partial charge on any atom is -0.356 e. The van der Waals surface area contributed by atoms with Crippen molar-refractivity contribution >= 4 is 33.0 Å². The van der Waals surface area contributed by atoms with Gasteiger partial charge >= 0.3 is 0 Å². The second-order valence-electron chi connectivity index (χ2n) is 6.15. The Bertz CT molecular complexity index is 1080. The molecule has 29 heavy (non-hydrogen) atoms. The summed E-state index contributed by atoms with van der Waals surface area (Å²) in [5, 5.41) is 6.03. The maximum absolute atomic E-state index is 12.5. The van der Waals surface area contributed by atoms with E-state index in [1.807, 2.05) is 42.5 Å². The lowest BCUT2D eigenvalue weighted by molar-refractivity contribution is -0.0258. The number of hydrogen-bond donors (Lipinski definition) is 2. The fourth-order valence-corrected chi connectivity index (χ4v) is 3.59. The lowest BCUT2D eigenvalue weighted by Crippen LogP contribution is -2.26. The van der Waals surface area contributed by atoms with Gasteiger partial charge in [0.1, 0.15) is 0 Å². The van der Waals surface area contributed by atoms with Crippen LogP contribution in [-0.4, -0.2) is 33.0 Å². The molecule has 0 saturated heterocycles. The predicted molar refractivity (Wildman–Crippen MR) is 113 cm³/mol. The van der Waals surface area contributed by atoms with Crippen LogP contribution in [0.25, 0.3) is 0 Å². The third kappa shape index (κ3) is 5.00. The van der Waals surface area contributed by atoms with Crippen molar-refractivity contribution in [3.05, 3.63) is 84.4 Å². The number of amides is 1. The lowest BCUT2D eigenvalue weighted by atomic mass is 10.2. The van der Waals surface area contributed by atoms with Crippen molar-refractivity contribution in [2.75, 3.05) is 24.8 Å². The molecular weight excluding hydrogens is 390 g/mol. The Kier molecular flexibility index (Phi) is 6.28. The molecule has 0 aliphatic heterocycles. The van der Waals surface area contributed by atoms with Crippen molar-refractivity contribution in [2.24, 2.45) is 0 Å². The number of sulfonamides is 1. The van der Waals surface area contributed by atoms with E-state index in [1.165, 1.54) is 32.4 Å². The number of nitrogens with zero attached hydrogens (tertiary/aromatic N) is 1. The van der Waals surface area contributed by atoms with E-state index in [1.54, 1.807) is 18.2 Å². The van der Waals surface area contributed by atoms with Crippen molar-refractivity contribution in [1.29, 1.82) is 0 Å². The largest absolute Gasteiger partial charge is 0.356 e. The molecule has 3 aromatic rings. The molecule has 0 aromatic heterocycles. The molecule has 0 aliphatic rings. The van der Waals surface area contributed by atoms with Crippen LogP contribution >= 0.6 is 0 Å². The Morgan fingerprint density at radius 1 is 0.862 bits per heavy atom. The number of anilines is 3. The topological polar surface area (TPSA) is 87.7 Å². The van der Waals surface area contributed by atoms with E-state index < -0.39 is 15.9 Å². The highest BCUT2D eigenvalue weighted by Crippen LogP contribution is 2.20. The molecular formula is C21H21N3O4S. The number of hydroxylamine groups is 1. The van der Waals surface area contributed by atoms with E-state index in [4.69, 9.17) is 4.84 Å². The monoisotopic (exact) mass is 411 g/mol. The fourth-order valence-electron chi connectivity index (χ4n) is 2.57. The summed E-state index contributed by atoms with van der Waals surface area (Å²) in [5.41, 5.74) is 2.66. The average Bonchev–Trinajstić information content (AvgIpc) is 2.75. The number of hydrogen-bond acceptors (Lipinski definition) is 5. The molecule has 0 unspecified atom stereocenters. The van der Waals surface area contributed by atoms with E-state index >= 15 is 0 Å². The molecule has 3 aromatic carbocycles. The predicted octanol–water partition coefficient (Wildman–Crippen LogP) is 3.86. The van der Waals surface area contributed by atoms with E-state index in [-0.39, 0.29) is 10.5 Å². The average molecular weight is 411 g/mol. The van der Waals surface area contributed by atoms with Crippen molar-refractivity contribution in [3.8, 4) is 0 Å². The zero-order valence-electron chi connectivity index (χ0n) is 16.0. The molecule has 8 heteroatoms. The highest BCUT2D eigenvalue weighted by molar-refractivity contribution is 7.89. The van der Waals surface area contributed by atoms with Crippen LogP contribution in [0.3, 0.4) is 0 Å². The SMILES string of the molecule is CON(C)S(=O)(=O)c1cccc(C(=O)Nc2ccc(Nc3ccccc3)cc2)c1. The first-order chi connectivity index (χ1) is 13.9. The van der Waals surface area contributed by atoms with Crippen LogP contribution in [0.1, 0.15) is 10.4 Å². The maximum Gasteiger partial charge on any atom is 0.264 e. The summed E-state index contributed by atoms with van der Waals surface area (Å²) < 4.78 is 25.4. The van der Waals surface area contributed by atoms with E-state index in [0.29, 0.717) is 5.69 Å². The van der Waals surface area contributed by atoms with Gasteiger partial charge in [-0.3, -0.25) is 9.63 Å². The minimum absolute atomic E-state index is 0.0306. The van der Waals surface area contributed by atoms with Crippen LogP contribution in [0.2, 0.25) is 0 Å². The zero-order chi connectivity index (χ0) is 20.9. The van der Waals surface area contributed by atoms with Gasteiger partial charge in [0.05, 0.1) is 12.0 Å². The number of para-hydroxylation sites is 1. The maximum atomic E-state index is 12.5. The van der Waals surface area contributed by atoms with Gasteiger partial charge in [-0.15, -0.1) is 0 Å². The first kappa shape index (κ1) is 20.5. The third-order valence-electron chi connectivity index (χ3n) is 4.19.